The number of nitrogens with zero attached hydrogens (tertiary/aromatic N) is 2. The topological polar surface area (TPSA) is 82.2 Å². The van der Waals surface area contributed by atoms with Crippen molar-refractivity contribution in [3.63, 3.8) is 0 Å². The second kappa shape index (κ2) is 7.49. The van der Waals surface area contributed by atoms with Crippen molar-refractivity contribution >= 4 is 5.91 Å². The highest BCUT2D eigenvalue weighted by molar-refractivity contribution is 5.75. The van der Waals surface area contributed by atoms with Crippen LogP contribution < -0.4 is 15.8 Å². The minimum Gasteiger partial charge on any atom is -0.484 e. The Morgan fingerprint density at radius 3 is 2.92 bits per heavy atom. The summed E-state index contributed by atoms with van der Waals surface area (Å²) in [6.45, 7) is 3.75. The quantitative estimate of drug-likeness (QED) is 0.814. The van der Waals surface area contributed by atoms with Crippen molar-refractivity contribution in [3.05, 3.63) is 47.3 Å². The second-order valence-corrected chi connectivity index (χ2v) is 6.09. The van der Waals surface area contributed by atoms with E-state index in [9.17, 15) is 4.79 Å². The van der Waals surface area contributed by atoms with Crippen LogP contribution in [0, 0.1) is 0 Å². The average Bonchev–Trinajstić information content (AvgIpc) is 3.02. The summed E-state index contributed by atoms with van der Waals surface area (Å²) in [6.07, 6.45) is 5.46. The number of ether oxygens (including phenoxy) is 1. The van der Waals surface area contributed by atoms with Crippen molar-refractivity contribution in [1.82, 2.24) is 15.1 Å². The molecule has 0 unspecified atom stereocenters. The average molecular weight is 328 g/mol. The van der Waals surface area contributed by atoms with E-state index in [4.69, 9.17) is 10.5 Å². The van der Waals surface area contributed by atoms with E-state index >= 15 is 0 Å². The molecular weight excluding hydrogens is 304 g/mol. The van der Waals surface area contributed by atoms with Gasteiger partial charge in [-0.2, -0.15) is 5.10 Å². The molecule has 1 atom stereocenters. The van der Waals surface area contributed by atoms with E-state index in [2.05, 4.69) is 22.0 Å². The Balaban J connectivity index is 1.58. The standard InChI is InChI=1S/C18H24N4O2/c1-2-22-17-5-3-4-16(15(17)11-21-22)20-10-13-6-8-14(9-7-13)24-12-18(19)23/h6-9,11,16,20H,2-5,10,12H2,1H3,(H2,19,23)/t16-/m0/s1. The number of rotatable bonds is 7. The largest absolute Gasteiger partial charge is 0.484 e. The van der Waals surface area contributed by atoms with Crippen LogP contribution in [0.2, 0.25) is 0 Å². The summed E-state index contributed by atoms with van der Waals surface area (Å²) in [5.74, 6) is 0.184. The fourth-order valence-corrected chi connectivity index (χ4v) is 3.20. The first-order chi connectivity index (χ1) is 11.7. The zero-order valence-electron chi connectivity index (χ0n) is 14.0. The summed E-state index contributed by atoms with van der Waals surface area (Å²) in [4.78, 5) is 10.7. The molecule has 0 aliphatic heterocycles. The normalized spacial score (nSPS) is 16.6. The maximum absolute atomic E-state index is 10.7. The van der Waals surface area contributed by atoms with Gasteiger partial charge in [0.2, 0.25) is 0 Å². The minimum atomic E-state index is -0.471. The van der Waals surface area contributed by atoms with Crippen molar-refractivity contribution < 1.29 is 9.53 Å². The molecule has 1 aliphatic carbocycles. The summed E-state index contributed by atoms with van der Waals surface area (Å²) < 4.78 is 7.38. The number of fused-ring (bicyclic) bond motifs is 1. The number of hydrogen-bond acceptors (Lipinski definition) is 4. The van der Waals surface area contributed by atoms with Gasteiger partial charge in [-0.1, -0.05) is 12.1 Å². The molecule has 0 spiro atoms. The number of carbonyl (C=O) groups excluding carboxylic acids is 1. The van der Waals surface area contributed by atoms with Gasteiger partial charge in [-0.25, -0.2) is 0 Å². The third-order valence-corrected chi connectivity index (χ3v) is 4.42. The van der Waals surface area contributed by atoms with E-state index in [0.29, 0.717) is 11.8 Å². The van der Waals surface area contributed by atoms with Crippen LogP contribution in [0.3, 0.4) is 0 Å². The van der Waals surface area contributed by atoms with Gasteiger partial charge in [0.15, 0.2) is 6.61 Å². The molecule has 2 aromatic rings. The molecule has 0 bridgehead atoms. The molecule has 3 rings (SSSR count). The molecule has 1 aliphatic rings. The van der Waals surface area contributed by atoms with Gasteiger partial charge in [0, 0.05) is 30.4 Å². The summed E-state index contributed by atoms with van der Waals surface area (Å²) in [7, 11) is 0. The minimum absolute atomic E-state index is 0.0934. The molecule has 0 fully saturated rings. The first-order valence-electron chi connectivity index (χ1n) is 8.45. The van der Waals surface area contributed by atoms with Gasteiger partial charge in [0.25, 0.3) is 5.91 Å². The Hall–Kier alpha value is -2.34. The van der Waals surface area contributed by atoms with E-state index in [1.165, 1.54) is 23.2 Å². The lowest BCUT2D eigenvalue weighted by Gasteiger charge is -2.24. The summed E-state index contributed by atoms with van der Waals surface area (Å²) in [5.41, 5.74) is 8.96. The number of amides is 1. The van der Waals surface area contributed by atoms with Crippen LogP contribution in [0.1, 0.15) is 42.6 Å². The molecule has 6 nitrogen and oxygen atoms in total. The van der Waals surface area contributed by atoms with Gasteiger partial charge in [-0.05, 0) is 43.9 Å². The molecule has 24 heavy (non-hydrogen) atoms. The third-order valence-electron chi connectivity index (χ3n) is 4.42. The second-order valence-electron chi connectivity index (χ2n) is 6.09. The number of aromatic nitrogens is 2. The molecule has 1 aromatic heterocycles. The van der Waals surface area contributed by atoms with Gasteiger partial charge in [-0.15, -0.1) is 0 Å². The maximum atomic E-state index is 10.7. The van der Waals surface area contributed by atoms with Crippen LogP contribution in [0.25, 0.3) is 0 Å². The molecule has 3 N–H and O–H groups in total. The third kappa shape index (κ3) is 3.76. The lowest BCUT2D eigenvalue weighted by atomic mass is 9.93. The van der Waals surface area contributed by atoms with Gasteiger partial charge < -0.3 is 15.8 Å². The molecule has 1 amide bonds. The van der Waals surface area contributed by atoms with E-state index in [0.717, 1.165) is 25.9 Å². The first kappa shape index (κ1) is 16.5. The van der Waals surface area contributed by atoms with Crippen molar-refractivity contribution in [2.75, 3.05) is 6.61 Å². The lowest BCUT2D eigenvalue weighted by Crippen LogP contribution is -2.25. The predicted octanol–water partition coefficient (Wildman–Crippen LogP) is 1.93. The van der Waals surface area contributed by atoms with Gasteiger partial charge in [-0.3, -0.25) is 9.48 Å². The Bertz CT molecular complexity index is 694. The van der Waals surface area contributed by atoms with Crippen LogP contribution >= 0.6 is 0 Å². The highest BCUT2D eigenvalue weighted by Gasteiger charge is 2.23. The molecule has 1 heterocycles. The van der Waals surface area contributed by atoms with Gasteiger partial charge in [0.05, 0.1) is 6.20 Å². The molecule has 6 heteroatoms. The number of carbonyl (C=O) groups is 1. The van der Waals surface area contributed by atoms with Crippen LogP contribution in [0.5, 0.6) is 5.75 Å². The number of nitrogens with two attached hydrogens (primary N) is 1. The van der Waals surface area contributed by atoms with Crippen LogP contribution in [0.4, 0.5) is 0 Å². The Kier molecular flexibility index (Phi) is 5.15. The molecular formula is C18H24N4O2. The van der Waals surface area contributed by atoms with Crippen molar-refractivity contribution in [3.8, 4) is 5.75 Å². The fraction of sp³-hybridized carbons (Fsp3) is 0.444. The molecule has 1 aromatic carbocycles. The molecule has 0 saturated carbocycles. The van der Waals surface area contributed by atoms with Crippen LogP contribution in [-0.4, -0.2) is 22.3 Å². The first-order valence-corrected chi connectivity index (χ1v) is 8.45. The van der Waals surface area contributed by atoms with E-state index < -0.39 is 5.91 Å². The Morgan fingerprint density at radius 1 is 1.42 bits per heavy atom. The van der Waals surface area contributed by atoms with E-state index in [1.54, 1.807) is 0 Å². The summed E-state index contributed by atoms with van der Waals surface area (Å²) in [6, 6.07) is 8.09. The number of nitrogens with one attached hydrogen (secondary N) is 1. The number of hydrogen-bond donors (Lipinski definition) is 2. The lowest BCUT2D eigenvalue weighted by molar-refractivity contribution is -0.119. The van der Waals surface area contributed by atoms with Crippen molar-refractivity contribution in [1.29, 1.82) is 0 Å². The molecule has 128 valence electrons. The van der Waals surface area contributed by atoms with Crippen molar-refractivity contribution in [2.24, 2.45) is 5.73 Å². The van der Waals surface area contributed by atoms with E-state index in [-0.39, 0.29) is 6.61 Å². The van der Waals surface area contributed by atoms with Gasteiger partial charge >= 0.3 is 0 Å². The number of aryl methyl sites for hydroxylation is 1. The van der Waals surface area contributed by atoms with Crippen LogP contribution in [0.15, 0.2) is 30.5 Å². The smallest absolute Gasteiger partial charge is 0.255 e. The summed E-state index contributed by atoms with van der Waals surface area (Å²) in [5, 5.41) is 8.12. The van der Waals surface area contributed by atoms with Crippen LogP contribution in [-0.2, 0) is 24.3 Å². The molecule has 0 saturated heterocycles. The summed E-state index contributed by atoms with van der Waals surface area (Å²) >= 11 is 0. The van der Waals surface area contributed by atoms with E-state index in [1.807, 2.05) is 30.5 Å². The van der Waals surface area contributed by atoms with Crippen molar-refractivity contribution in [2.45, 2.75) is 45.3 Å². The predicted molar refractivity (Wildman–Crippen MR) is 91.6 cm³/mol. The monoisotopic (exact) mass is 328 g/mol. The SMILES string of the molecule is CCn1ncc2c1CCC[C@@H]2NCc1ccc(OCC(N)=O)cc1. The zero-order chi connectivity index (χ0) is 16.9. The highest BCUT2D eigenvalue weighted by Crippen LogP contribution is 2.29. The molecule has 0 radical (unpaired) electrons. The Morgan fingerprint density at radius 2 is 2.21 bits per heavy atom. The van der Waals surface area contributed by atoms with Gasteiger partial charge in [0.1, 0.15) is 5.75 Å². The fourth-order valence-electron chi connectivity index (χ4n) is 3.20. The maximum Gasteiger partial charge on any atom is 0.255 e. The zero-order valence-corrected chi connectivity index (χ0v) is 14.0. The number of benzene rings is 1. The Labute approximate surface area is 142 Å². The number of primary amides is 1. The highest BCUT2D eigenvalue weighted by atomic mass is 16.5.